The van der Waals surface area contributed by atoms with Gasteiger partial charge in [0.25, 0.3) is 0 Å². The number of hydrogen-bond donors (Lipinski definition) is 1. The van der Waals surface area contributed by atoms with Gasteiger partial charge in [0.2, 0.25) is 5.91 Å². The fraction of sp³-hybridized carbons (Fsp3) is 0.240. The summed E-state index contributed by atoms with van der Waals surface area (Å²) in [4.78, 5) is 12.2. The lowest BCUT2D eigenvalue weighted by atomic mass is 9.78. The zero-order chi connectivity index (χ0) is 22.5. The summed E-state index contributed by atoms with van der Waals surface area (Å²) in [7, 11) is 0. The molecular formula is C25H22ClF2NO2. The van der Waals surface area contributed by atoms with Gasteiger partial charge in [-0.1, -0.05) is 61.8 Å². The summed E-state index contributed by atoms with van der Waals surface area (Å²) < 4.78 is 36.7. The number of ether oxygens (including phenoxy) is 1. The number of primary amides is 1. The lowest BCUT2D eigenvalue weighted by Crippen LogP contribution is -2.30. The van der Waals surface area contributed by atoms with E-state index in [0.29, 0.717) is 17.5 Å². The van der Waals surface area contributed by atoms with Crippen molar-refractivity contribution in [1.82, 2.24) is 0 Å². The number of carbonyl (C=O) groups is 1. The lowest BCUT2D eigenvalue weighted by molar-refractivity contribution is 0.0922. The molecule has 0 aromatic heterocycles. The van der Waals surface area contributed by atoms with Crippen molar-refractivity contribution >= 4 is 17.5 Å². The molecule has 6 heteroatoms. The van der Waals surface area contributed by atoms with Crippen molar-refractivity contribution in [2.45, 2.75) is 38.7 Å². The Morgan fingerprint density at radius 1 is 1.16 bits per heavy atom. The predicted octanol–water partition coefficient (Wildman–Crippen LogP) is 6.36. The largest absolute Gasteiger partial charge is 0.482 e. The summed E-state index contributed by atoms with van der Waals surface area (Å²) in [6.45, 7) is 5.61. The van der Waals surface area contributed by atoms with Crippen LogP contribution in [0, 0.1) is 11.6 Å². The van der Waals surface area contributed by atoms with Crippen molar-refractivity contribution in [3.05, 3.63) is 87.4 Å². The summed E-state index contributed by atoms with van der Waals surface area (Å²) in [6, 6.07) is 13.7. The first-order valence-electron chi connectivity index (χ1n) is 10.1. The molecule has 0 spiro atoms. The molecule has 2 unspecified atom stereocenters. The van der Waals surface area contributed by atoms with Crippen LogP contribution in [0.1, 0.15) is 53.7 Å². The van der Waals surface area contributed by atoms with E-state index in [4.69, 9.17) is 22.1 Å². The van der Waals surface area contributed by atoms with Crippen molar-refractivity contribution in [1.29, 1.82) is 0 Å². The van der Waals surface area contributed by atoms with Gasteiger partial charge in [-0.3, -0.25) is 4.79 Å². The van der Waals surface area contributed by atoms with Crippen LogP contribution in [0.5, 0.6) is 5.75 Å². The Morgan fingerprint density at radius 3 is 2.45 bits per heavy atom. The van der Waals surface area contributed by atoms with Crippen molar-refractivity contribution < 1.29 is 18.3 Å². The Labute approximate surface area is 184 Å². The van der Waals surface area contributed by atoms with Crippen LogP contribution in [0.3, 0.4) is 0 Å². The minimum atomic E-state index is -0.832. The molecule has 2 atom stereocenters. The number of carbonyl (C=O) groups excluding carboxylic acids is 1. The van der Waals surface area contributed by atoms with Crippen LogP contribution in [-0.4, -0.2) is 5.91 Å². The van der Waals surface area contributed by atoms with Gasteiger partial charge in [0.05, 0.1) is 5.02 Å². The highest BCUT2D eigenvalue weighted by Crippen LogP contribution is 2.56. The number of amides is 1. The highest BCUT2D eigenvalue weighted by atomic mass is 35.5. The second-order valence-corrected chi connectivity index (χ2v) is 8.31. The van der Waals surface area contributed by atoms with E-state index in [1.807, 2.05) is 44.2 Å². The number of benzene rings is 3. The van der Waals surface area contributed by atoms with Crippen LogP contribution in [0.2, 0.25) is 5.02 Å². The summed E-state index contributed by atoms with van der Waals surface area (Å²) in [6.07, 6.45) is 0.390. The second kappa shape index (κ2) is 7.65. The summed E-state index contributed by atoms with van der Waals surface area (Å²) >= 11 is 6.41. The van der Waals surface area contributed by atoms with Crippen molar-refractivity contribution in [3.8, 4) is 16.9 Å². The fourth-order valence-electron chi connectivity index (χ4n) is 4.39. The summed E-state index contributed by atoms with van der Waals surface area (Å²) in [5.74, 6) is -2.25. The molecular weight excluding hydrogens is 420 g/mol. The van der Waals surface area contributed by atoms with E-state index in [9.17, 15) is 9.18 Å². The van der Waals surface area contributed by atoms with Crippen molar-refractivity contribution in [3.63, 3.8) is 0 Å². The SMILES string of the molecule is CCc1ccc(C(N)=O)c(-c2c(Cl)c(F)cc3c2C(C)C(C)(c2ccccc2)O3)c1F. The predicted molar refractivity (Wildman–Crippen MR) is 118 cm³/mol. The Balaban J connectivity index is 2.05. The average Bonchev–Trinajstić information content (AvgIpc) is 3.00. The molecule has 0 saturated carbocycles. The van der Waals surface area contributed by atoms with Crippen LogP contribution < -0.4 is 10.5 Å². The smallest absolute Gasteiger partial charge is 0.249 e. The van der Waals surface area contributed by atoms with E-state index in [-0.39, 0.29) is 33.4 Å². The number of fused-ring (bicyclic) bond motifs is 1. The number of rotatable bonds is 4. The van der Waals surface area contributed by atoms with Gasteiger partial charge in [-0.05, 0) is 30.5 Å². The Kier molecular flexibility index (Phi) is 5.26. The molecule has 160 valence electrons. The number of nitrogens with two attached hydrogens (primary N) is 1. The van der Waals surface area contributed by atoms with Gasteiger partial charge in [0, 0.05) is 34.2 Å². The van der Waals surface area contributed by atoms with E-state index in [2.05, 4.69) is 0 Å². The van der Waals surface area contributed by atoms with Crippen LogP contribution in [0.25, 0.3) is 11.1 Å². The number of hydrogen-bond acceptors (Lipinski definition) is 2. The molecule has 0 aliphatic carbocycles. The van der Waals surface area contributed by atoms with Gasteiger partial charge < -0.3 is 10.5 Å². The Hall–Kier alpha value is -2.92. The zero-order valence-electron chi connectivity index (χ0n) is 17.4. The fourth-order valence-corrected chi connectivity index (χ4v) is 4.64. The Bertz CT molecular complexity index is 1200. The minimum Gasteiger partial charge on any atom is -0.482 e. The number of halogens is 3. The first kappa shape index (κ1) is 21.3. The third kappa shape index (κ3) is 3.19. The van der Waals surface area contributed by atoms with Gasteiger partial charge in [-0.15, -0.1) is 0 Å². The van der Waals surface area contributed by atoms with Crippen LogP contribution in [-0.2, 0) is 12.0 Å². The zero-order valence-corrected chi connectivity index (χ0v) is 18.2. The van der Waals surface area contributed by atoms with Gasteiger partial charge in [-0.25, -0.2) is 8.78 Å². The second-order valence-electron chi connectivity index (χ2n) is 7.94. The average molecular weight is 442 g/mol. The van der Waals surface area contributed by atoms with E-state index in [0.717, 1.165) is 5.56 Å². The van der Waals surface area contributed by atoms with Crippen molar-refractivity contribution in [2.24, 2.45) is 5.73 Å². The maximum absolute atomic E-state index is 15.6. The summed E-state index contributed by atoms with van der Waals surface area (Å²) in [5.41, 5.74) is 6.52. The molecule has 0 fully saturated rings. The molecule has 3 aromatic carbocycles. The third-order valence-corrected chi connectivity index (χ3v) is 6.64. The standard InChI is InChI=1S/C25H22ClF2NO2/c1-4-14-10-11-16(24(29)30)20(23(14)28)21-19-13(2)25(3,15-8-6-5-7-9-15)31-18(19)12-17(27)22(21)26/h5-13H,4H2,1-3H3,(H2,29,30). The monoisotopic (exact) mass is 441 g/mol. The maximum atomic E-state index is 15.6. The highest BCUT2D eigenvalue weighted by Gasteiger charge is 2.46. The quantitative estimate of drug-likeness (QED) is 0.512. The summed E-state index contributed by atoms with van der Waals surface area (Å²) in [5, 5.41) is -0.263. The molecule has 1 aliphatic rings. The van der Waals surface area contributed by atoms with Gasteiger partial charge in [0.15, 0.2) is 0 Å². The maximum Gasteiger partial charge on any atom is 0.249 e. The molecule has 0 bridgehead atoms. The normalized spacial score (nSPS) is 19.7. The highest BCUT2D eigenvalue weighted by molar-refractivity contribution is 6.34. The molecule has 1 aliphatic heterocycles. The van der Waals surface area contributed by atoms with Crippen molar-refractivity contribution in [2.75, 3.05) is 0 Å². The topological polar surface area (TPSA) is 52.3 Å². The Morgan fingerprint density at radius 2 is 1.84 bits per heavy atom. The lowest BCUT2D eigenvalue weighted by Gasteiger charge is -2.29. The first-order valence-corrected chi connectivity index (χ1v) is 10.5. The van der Waals surface area contributed by atoms with Crippen LogP contribution in [0.15, 0.2) is 48.5 Å². The first-order chi connectivity index (χ1) is 14.7. The molecule has 4 rings (SSSR count). The van der Waals surface area contributed by atoms with E-state index < -0.39 is 23.1 Å². The third-order valence-electron chi connectivity index (χ3n) is 6.27. The van der Waals surface area contributed by atoms with E-state index in [1.165, 1.54) is 18.2 Å². The van der Waals surface area contributed by atoms with Gasteiger partial charge >= 0.3 is 0 Å². The molecule has 0 radical (unpaired) electrons. The molecule has 3 nitrogen and oxygen atoms in total. The van der Waals surface area contributed by atoms with Crippen LogP contribution in [0.4, 0.5) is 8.78 Å². The van der Waals surface area contributed by atoms with E-state index in [1.54, 1.807) is 6.92 Å². The molecule has 1 amide bonds. The molecule has 3 aromatic rings. The van der Waals surface area contributed by atoms with Gasteiger partial charge in [-0.2, -0.15) is 0 Å². The van der Waals surface area contributed by atoms with E-state index >= 15 is 4.39 Å². The molecule has 31 heavy (non-hydrogen) atoms. The number of aryl methyl sites for hydroxylation is 1. The molecule has 2 N–H and O–H groups in total. The molecule has 0 saturated heterocycles. The molecule has 1 heterocycles. The minimum absolute atomic E-state index is 0.0510. The van der Waals surface area contributed by atoms with Crippen LogP contribution >= 0.6 is 11.6 Å². The van der Waals surface area contributed by atoms with Gasteiger partial charge in [0.1, 0.15) is 23.0 Å².